The van der Waals surface area contributed by atoms with Gasteiger partial charge in [-0.3, -0.25) is 0 Å². The summed E-state index contributed by atoms with van der Waals surface area (Å²) >= 11 is 0. The zero-order valence-corrected chi connectivity index (χ0v) is 12.8. The minimum absolute atomic E-state index is 0.149. The second-order valence-corrected chi connectivity index (χ2v) is 5.04. The predicted octanol–water partition coefficient (Wildman–Crippen LogP) is 3.30. The third-order valence-corrected chi connectivity index (χ3v) is 3.32. The van der Waals surface area contributed by atoms with E-state index in [-0.39, 0.29) is 6.04 Å². The lowest BCUT2D eigenvalue weighted by atomic mass is 10.1. The van der Waals surface area contributed by atoms with Crippen molar-refractivity contribution in [3.8, 4) is 18.1 Å². The molecule has 1 aromatic carbocycles. The van der Waals surface area contributed by atoms with Crippen LogP contribution in [0.1, 0.15) is 45.2 Å². The molecule has 0 radical (unpaired) electrons. The zero-order chi connectivity index (χ0) is 15.0. The van der Waals surface area contributed by atoms with Crippen LogP contribution in [0.4, 0.5) is 5.69 Å². The highest BCUT2D eigenvalue weighted by molar-refractivity contribution is 5.54. The minimum Gasteiger partial charge on any atom is -0.508 e. The lowest BCUT2D eigenvalue weighted by molar-refractivity contribution is 0.452. The van der Waals surface area contributed by atoms with Crippen molar-refractivity contribution >= 4 is 5.69 Å². The Morgan fingerprint density at radius 1 is 1.35 bits per heavy atom. The first-order valence-electron chi connectivity index (χ1n) is 7.38. The number of nitrogens with zero attached hydrogens (tertiary/aromatic N) is 1. The van der Waals surface area contributed by atoms with Gasteiger partial charge >= 0.3 is 0 Å². The Hall–Kier alpha value is -1.66. The predicted molar refractivity (Wildman–Crippen MR) is 86.2 cm³/mol. The van der Waals surface area contributed by atoms with Crippen LogP contribution in [-0.4, -0.2) is 24.7 Å². The van der Waals surface area contributed by atoms with Gasteiger partial charge in [0.15, 0.2) is 0 Å². The van der Waals surface area contributed by atoms with E-state index in [1.54, 1.807) is 0 Å². The number of benzene rings is 1. The maximum Gasteiger partial charge on any atom is 0.122 e. The van der Waals surface area contributed by atoms with Gasteiger partial charge in [-0.15, -0.1) is 6.42 Å². The SMILES string of the molecule is C#CCN(CCC)c1ccc(C(C)NCCC)c(O)c1. The summed E-state index contributed by atoms with van der Waals surface area (Å²) in [5.74, 6) is 3.00. The topological polar surface area (TPSA) is 35.5 Å². The Morgan fingerprint density at radius 2 is 2.10 bits per heavy atom. The number of hydrogen-bond acceptors (Lipinski definition) is 3. The third-order valence-electron chi connectivity index (χ3n) is 3.32. The van der Waals surface area contributed by atoms with Crippen LogP contribution >= 0.6 is 0 Å². The number of rotatable bonds is 8. The van der Waals surface area contributed by atoms with E-state index >= 15 is 0 Å². The molecular formula is C17H26N2O. The van der Waals surface area contributed by atoms with Crippen molar-refractivity contribution in [2.45, 2.75) is 39.7 Å². The molecule has 0 fully saturated rings. The van der Waals surface area contributed by atoms with Gasteiger partial charge in [-0.1, -0.05) is 25.8 Å². The minimum atomic E-state index is 0.149. The van der Waals surface area contributed by atoms with Crippen LogP contribution in [0.2, 0.25) is 0 Å². The molecule has 0 amide bonds. The van der Waals surface area contributed by atoms with Gasteiger partial charge in [0.25, 0.3) is 0 Å². The molecule has 0 saturated carbocycles. The summed E-state index contributed by atoms with van der Waals surface area (Å²) < 4.78 is 0. The molecule has 0 heterocycles. The highest BCUT2D eigenvalue weighted by atomic mass is 16.3. The van der Waals surface area contributed by atoms with Crippen LogP contribution in [0.15, 0.2) is 18.2 Å². The molecule has 2 N–H and O–H groups in total. The molecule has 0 aliphatic heterocycles. The largest absolute Gasteiger partial charge is 0.508 e. The van der Waals surface area contributed by atoms with E-state index in [9.17, 15) is 5.11 Å². The summed E-state index contributed by atoms with van der Waals surface area (Å²) in [6, 6.07) is 5.98. The van der Waals surface area contributed by atoms with Crippen molar-refractivity contribution in [2.75, 3.05) is 24.5 Å². The van der Waals surface area contributed by atoms with Gasteiger partial charge < -0.3 is 15.3 Å². The molecule has 0 aromatic heterocycles. The molecule has 0 bridgehead atoms. The average Bonchev–Trinajstić information content (AvgIpc) is 2.44. The second-order valence-electron chi connectivity index (χ2n) is 5.04. The van der Waals surface area contributed by atoms with Gasteiger partial charge in [-0.2, -0.15) is 0 Å². The number of terminal acetylenes is 1. The maximum atomic E-state index is 10.2. The Labute approximate surface area is 123 Å². The molecule has 1 rings (SSSR count). The van der Waals surface area contributed by atoms with Crippen molar-refractivity contribution in [3.05, 3.63) is 23.8 Å². The van der Waals surface area contributed by atoms with E-state index in [2.05, 4.69) is 36.9 Å². The van der Waals surface area contributed by atoms with Crippen molar-refractivity contribution in [2.24, 2.45) is 0 Å². The van der Waals surface area contributed by atoms with E-state index in [4.69, 9.17) is 6.42 Å². The first kappa shape index (κ1) is 16.4. The second kappa shape index (κ2) is 8.50. The van der Waals surface area contributed by atoms with Crippen LogP contribution < -0.4 is 10.2 Å². The molecule has 1 aromatic rings. The lowest BCUT2D eigenvalue weighted by Gasteiger charge is -2.23. The van der Waals surface area contributed by atoms with Crippen LogP contribution in [-0.2, 0) is 0 Å². The van der Waals surface area contributed by atoms with E-state index in [0.29, 0.717) is 12.3 Å². The van der Waals surface area contributed by atoms with Crippen molar-refractivity contribution in [1.29, 1.82) is 0 Å². The molecule has 0 aliphatic rings. The average molecular weight is 274 g/mol. The normalized spacial score (nSPS) is 11.9. The highest BCUT2D eigenvalue weighted by Crippen LogP contribution is 2.29. The molecule has 3 nitrogen and oxygen atoms in total. The van der Waals surface area contributed by atoms with E-state index in [0.717, 1.165) is 37.2 Å². The fourth-order valence-electron chi connectivity index (χ4n) is 2.25. The van der Waals surface area contributed by atoms with Crippen molar-refractivity contribution in [3.63, 3.8) is 0 Å². The number of phenols is 1. The van der Waals surface area contributed by atoms with Gasteiger partial charge in [-0.25, -0.2) is 0 Å². The molecule has 1 unspecified atom stereocenters. The van der Waals surface area contributed by atoms with Crippen LogP contribution in [0, 0.1) is 12.3 Å². The Kier molecular flexibility index (Phi) is 6.97. The van der Waals surface area contributed by atoms with E-state index < -0.39 is 0 Å². The van der Waals surface area contributed by atoms with Gasteiger partial charge in [-0.05, 0) is 32.4 Å². The Balaban J connectivity index is 2.88. The summed E-state index contributed by atoms with van der Waals surface area (Å²) in [5.41, 5.74) is 1.91. The summed E-state index contributed by atoms with van der Waals surface area (Å²) in [6.45, 7) is 8.72. The van der Waals surface area contributed by atoms with Crippen LogP contribution in [0.3, 0.4) is 0 Å². The van der Waals surface area contributed by atoms with E-state index in [1.807, 2.05) is 18.2 Å². The molecule has 0 spiro atoms. The Morgan fingerprint density at radius 3 is 2.65 bits per heavy atom. The fourth-order valence-corrected chi connectivity index (χ4v) is 2.25. The van der Waals surface area contributed by atoms with E-state index in [1.165, 1.54) is 0 Å². The maximum absolute atomic E-state index is 10.2. The first-order valence-corrected chi connectivity index (χ1v) is 7.38. The number of nitrogens with one attached hydrogen (secondary N) is 1. The number of phenolic OH excluding ortho intramolecular Hbond substituents is 1. The molecule has 0 aliphatic carbocycles. The quantitative estimate of drug-likeness (QED) is 0.714. The molecule has 3 heteroatoms. The monoisotopic (exact) mass is 274 g/mol. The fraction of sp³-hybridized carbons (Fsp3) is 0.529. The van der Waals surface area contributed by atoms with Gasteiger partial charge in [0, 0.05) is 29.9 Å². The van der Waals surface area contributed by atoms with Crippen molar-refractivity contribution in [1.82, 2.24) is 5.32 Å². The summed E-state index contributed by atoms with van der Waals surface area (Å²) in [4.78, 5) is 2.10. The van der Waals surface area contributed by atoms with Crippen molar-refractivity contribution < 1.29 is 5.11 Å². The molecular weight excluding hydrogens is 248 g/mol. The molecule has 110 valence electrons. The van der Waals surface area contributed by atoms with Gasteiger partial charge in [0.2, 0.25) is 0 Å². The molecule has 0 saturated heterocycles. The molecule has 1 atom stereocenters. The summed E-state index contributed by atoms with van der Waals surface area (Å²) in [6.07, 6.45) is 7.51. The molecule has 20 heavy (non-hydrogen) atoms. The summed E-state index contributed by atoms with van der Waals surface area (Å²) in [7, 11) is 0. The first-order chi connectivity index (χ1) is 9.63. The number of hydrogen-bond donors (Lipinski definition) is 2. The van der Waals surface area contributed by atoms with Crippen LogP contribution in [0.5, 0.6) is 5.75 Å². The van der Waals surface area contributed by atoms with Gasteiger partial charge in [0.1, 0.15) is 5.75 Å². The Bertz CT molecular complexity index is 451. The number of aromatic hydroxyl groups is 1. The third kappa shape index (κ3) is 4.47. The van der Waals surface area contributed by atoms with Crippen LogP contribution in [0.25, 0.3) is 0 Å². The highest BCUT2D eigenvalue weighted by Gasteiger charge is 2.12. The van der Waals surface area contributed by atoms with Gasteiger partial charge in [0.05, 0.1) is 6.54 Å². The smallest absolute Gasteiger partial charge is 0.122 e. The zero-order valence-electron chi connectivity index (χ0n) is 12.8. The summed E-state index contributed by atoms with van der Waals surface area (Å²) in [5, 5.41) is 13.6. The standard InChI is InChI=1S/C17H26N2O/c1-5-10-18-14(4)16-9-8-15(13-17(16)20)19(11-6-2)12-7-3/h2,8-9,13-14,18,20H,5,7,10-12H2,1,3-4H3. The number of anilines is 1. The lowest BCUT2D eigenvalue weighted by Crippen LogP contribution is -2.24.